The minimum atomic E-state index is -0.126. The molecular weight excluding hydrogens is 256 g/mol. The van der Waals surface area contributed by atoms with Gasteiger partial charge in [0.1, 0.15) is 0 Å². The van der Waals surface area contributed by atoms with Gasteiger partial charge < -0.3 is 15.7 Å². The fourth-order valence-electron chi connectivity index (χ4n) is 2.43. The predicted octanol–water partition coefficient (Wildman–Crippen LogP) is 2.89. The predicted molar refractivity (Wildman–Crippen MR) is 83.5 cm³/mol. The number of aryl methyl sites for hydroxylation is 2. The van der Waals surface area contributed by atoms with Crippen LogP contribution in [0.3, 0.4) is 0 Å². The van der Waals surface area contributed by atoms with Gasteiger partial charge in [-0.15, -0.1) is 0 Å². The van der Waals surface area contributed by atoms with Crippen molar-refractivity contribution in [1.29, 1.82) is 0 Å². The van der Waals surface area contributed by atoms with Crippen LogP contribution in [0.15, 0.2) is 18.2 Å². The summed E-state index contributed by atoms with van der Waals surface area (Å²) in [5.41, 5.74) is 3.47. The first kappa shape index (κ1) is 14.3. The molecule has 0 saturated heterocycles. The summed E-state index contributed by atoms with van der Waals surface area (Å²) < 4.78 is 0. The van der Waals surface area contributed by atoms with Crippen LogP contribution in [0, 0.1) is 13.8 Å². The van der Waals surface area contributed by atoms with Crippen LogP contribution in [-0.4, -0.2) is 22.4 Å². The molecule has 1 fully saturated rings. The normalized spacial score (nSPS) is 22.9. The number of thiocarbonyl (C=S) groups is 1. The Morgan fingerprint density at radius 2 is 1.89 bits per heavy atom. The Balaban J connectivity index is 1.89. The van der Waals surface area contributed by atoms with Gasteiger partial charge in [0.2, 0.25) is 0 Å². The number of hydrogen-bond acceptors (Lipinski definition) is 2. The minimum absolute atomic E-state index is 0.126. The second-order valence-corrected chi connectivity index (χ2v) is 5.83. The van der Waals surface area contributed by atoms with Crippen LogP contribution in [0.4, 0.5) is 5.69 Å². The van der Waals surface area contributed by atoms with E-state index in [0.717, 1.165) is 31.4 Å². The molecule has 1 saturated carbocycles. The van der Waals surface area contributed by atoms with Crippen LogP contribution in [0.2, 0.25) is 0 Å². The van der Waals surface area contributed by atoms with Gasteiger partial charge in [-0.1, -0.05) is 12.1 Å². The van der Waals surface area contributed by atoms with E-state index in [1.807, 2.05) is 0 Å². The first-order chi connectivity index (χ1) is 9.04. The highest BCUT2D eigenvalue weighted by atomic mass is 32.1. The molecule has 0 spiro atoms. The van der Waals surface area contributed by atoms with Crippen molar-refractivity contribution in [3.05, 3.63) is 29.3 Å². The SMILES string of the molecule is Cc1ccc(C)c(NC(=S)NC2CCC(O)CC2)c1. The zero-order valence-electron chi connectivity index (χ0n) is 11.6. The highest BCUT2D eigenvalue weighted by molar-refractivity contribution is 7.80. The molecule has 0 radical (unpaired) electrons. The summed E-state index contributed by atoms with van der Waals surface area (Å²) in [6, 6.07) is 6.68. The van der Waals surface area contributed by atoms with Gasteiger partial charge >= 0.3 is 0 Å². The zero-order chi connectivity index (χ0) is 13.8. The molecule has 0 unspecified atom stereocenters. The van der Waals surface area contributed by atoms with Gasteiger partial charge in [-0.25, -0.2) is 0 Å². The van der Waals surface area contributed by atoms with Crippen molar-refractivity contribution >= 4 is 23.0 Å². The molecule has 1 aliphatic carbocycles. The Bertz CT molecular complexity index is 453. The lowest BCUT2D eigenvalue weighted by Crippen LogP contribution is -2.40. The maximum Gasteiger partial charge on any atom is 0.171 e. The Kier molecular flexibility index (Phi) is 4.77. The second kappa shape index (κ2) is 6.35. The summed E-state index contributed by atoms with van der Waals surface area (Å²) in [5.74, 6) is 0. The van der Waals surface area contributed by atoms with Gasteiger partial charge in [0.25, 0.3) is 0 Å². The fourth-order valence-corrected chi connectivity index (χ4v) is 2.71. The third kappa shape index (κ3) is 4.18. The van der Waals surface area contributed by atoms with Crippen LogP contribution >= 0.6 is 12.2 Å². The molecule has 0 bridgehead atoms. The van der Waals surface area contributed by atoms with Crippen LogP contribution in [0.1, 0.15) is 36.8 Å². The largest absolute Gasteiger partial charge is 0.393 e. The van der Waals surface area contributed by atoms with Crippen LogP contribution in [-0.2, 0) is 0 Å². The van der Waals surface area contributed by atoms with E-state index in [1.54, 1.807) is 0 Å². The van der Waals surface area contributed by atoms with Crippen molar-refractivity contribution in [2.45, 2.75) is 51.7 Å². The summed E-state index contributed by atoms with van der Waals surface area (Å²) in [4.78, 5) is 0. The van der Waals surface area contributed by atoms with Crippen molar-refractivity contribution in [3.8, 4) is 0 Å². The van der Waals surface area contributed by atoms with E-state index in [2.05, 4.69) is 42.7 Å². The van der Waals surface area contributed by atoms with Crippen molar-refractivity contribution in [1.82, 2.24) is 5.32 Å². The molecule has 3 nitrogen and oxygen atoms in total. The second-order valence-electron chi connectivity index (χ2n) is 5.42. The summed E-state index contributed by atoms with van der Waals surface area (Å²) in [5, 5.41) is 16.8. The molecule has 4 heteroatoms. The molecule has 0 amide bonds. The fraction of sp³-hybridized carbons (Fsp3) is 0.533. The molecule has 104 valence electrons. The van der Waals surface area contributed by atoms with E-state index in [0.29, 0.717) is 11.2 Å². The lowest BCUT2D eigenvalue weighted by molar-refractivity contribution is 0.120. The van der Waals surface area contributed by atoms with Gasteiger partial charge in [0, 0.05) is 11.7 Å². The standard InChI is InChI=1S/C15H22N2OS/c1-10-3-4-11(2)14(9-10)17-15(19)16-12-5-7-13(18)8-6-12/h3-4,9,12-13,18H,5-8H2,1-2H3,(H2,16,17,19). The van der Waals surface area contributed by atoms with E-state index in [-0.39, 0.29) is 6.10 Å². The lowest BCUT2D eigenvalue weighted by atomic mass is 9.93. The number of anilines is 1. The molecule has 0 atom stereocenters. The van der Waals surface area contributed by atoms with E-state index in [9.17, 15) is 5.11 Å². The average molecular weight is 278 g/mol. The smallest absolute Gasteiger partial charge is 0.171 e. The molecule has 3 N–H and O–H groups in total. The third-order valence-electron chi connectivity index (χ3n) is 3.67. The number of aliphatic hydroxyl groups excluding tert-OH is 1. The Morgan fingerprint density at radius 1 is 1.21 bits per heavy atom. The van der Waals surface area contributed by atoms with Crippen molar-refractivity contribution < 1.29 is 5.11 Å². The molecule has 0 aliphatic heterocycles. The van der Waals surface area contributed by atoms with E-state index >= 15 is 0 Å². The van der Waals surface area contributed by atoms with Gasteiger partial charge in [-0.05, 0) is 68.9 Å². The number of nitrogens with one attached hydrogen (secondary N) is 2. The Morgan fingerprint density at radius 3 is 2.58 bits per heavy atom. The summed E-state index contributed by atoms with van der Waals surface area (Å²) in [6.45, 7) is 4.14. The molecule has 1 aromatic rings. The molecule has 2 rings (SSSR count). The number of benzene rings is 1. The van der Waals surface area contributed by atoms with Gasteiger partial charge in [-0.3, -0.25) is 0 Å². The maximum absolute atomic E-state index is 9.49. The van der Waals surface area contributed by atoms with E-state index in [4.69, 9.17) is 12.2 Å². The molecular formula is C15H22N2OS. The highest BCUT2D eigenvalue weighted by Crippen LogP contribution is 2.19. The van der Waals surface area contributed by atoms with Crippen LogP contribution in [0.25, 0.3) is 0 Å². The van der Waals surface area contributed by atoms with Gasteiger partial charge in [-0.2, -0.15) is 0 Å². The average Bonchev–Trinajstić information content (AvgIpc) is 2.37. The van der Waals surface area contributed by atoms with Crippen molar-refractivity contribution in [3.63, 3.8) is 0 Å². The Hall–Kier alpha value is -1.13. The monoisotopic (exact) mass is 278 g/mol. The lowest BCUT2D eigenvalue weighted by Gasteiger charge is -2.27. The van der Waals surface area contributed by atoms with Crippen LogP contribution in [0.5, 0.6) is 0 Å². The van der Waals surface area contributed by atoms with Crippen molar-refractivity contribution in [2.24, 2.45) is 0 Å². The number of hydrogen-bond donors (Lipinski definition) is 3. The van der Waals surface area contributed by atoms with E-state index in [1.165, 1.54) is 11.1 Å². The zero-order valence-corrected chi connectivity index (χ0v) is 12.4. The summed E-state index contributed by atoms with van der Waals surface area (Å²) in [7, 11) is 0. The third-order valence-corrected chi connectivity index (χ3v) is 3.89. The quantitative estimate of drug-likeness (QED) is 0.728. The minimum Gasteiger partial charge on any atom is -0.393 e. The van der Waals surface area contributed by atoms with E-state index < -0.39 is 0 Å². The molecule has 1 aromatic carbocycles. The van der Waals surface area contributed by atoms with Crippen molar-refractivity contribution in [2.75, 3.05) is 5.32 Å². The topological polar surface area (TPSA) is 44.3 Å². The first-order valence-electron chi connectivity index (χ1n) is 6.87. The highest BCUT2D eigenvalue weighted by Gasteiger charge is 2.19. The first-order valence-corrected chi connectivity index (χ1v) is 7.28. The summed E-state index contributed by atoms with van der Waals surface area (Å²) in [6.07, 6.45) is 3.57. The number of rotatable bonds is 2. The number of aliphatic hydroxyl groups is 1. The molecule has 0 heterocycles. The Labute approximate surface area is 120 Å². The van der Waals surface area contributed by atoms with Gasteiger partial charge in [0.15, 0.2) is 5.11 Å². The van der Waals surface area contributed by atoms with Gasteiger partial charge in [0.05, 0.1) is 6.10 Å². The van der Waals surface area contributed by atoms with Crippen LogP contribution < -0.4 is 10.6 Å². The summed E-state index contributed by atoms with van der Waals surface area (Å²) >= 11 is 5.36. The molecule has 19 heavy (non-hydrogen) atoms. The molecule has 0 aromatic heterocycles. The molecule has 1 aliphatic rings. The maximum atomic E-state index is 9.49.